The van der Waals surface area contributed by atoms with Gasteiger partial charge in [0.25, 0.3) is 0 Å². The van der Waals surface area contributed by atoms with Gasteiger partial charge >= 0.3 is 75.5 Å². The van der Waals surface area contributed by atoms with Crippen molar-refractivity contribution in [2.75, 3.05) is 0 Å². The standard InChI is InChI=1S/C4H2ClS.3CH3.Sn/c5-4-2-1-3-6-4;;;;/h1-2H;3*1H3;. The molecular formula is C7H11ClSSn. The van der Waals surface area contributed by atoms with E-state index in [4.69, 9.17) is 11.6 Å². The van der Waals surface area contributed by atoms with Crippen molar-refractivity contribution in [3.63, 3.8) is 0 Å². The maximum absolute atomic E-state index is 5.82. The summed E-state index contributed by atoms with van der Waals surface area (Å²) in [4.78, 5) is 7.20. The van der Waals surface area contributed by atoms with Crippen LogP contribution in [0.25, 0.3) is 0 Å². The quantitative estimate of drug-likeness (QED) is 0.694. The predicted octanol–water partition coefficient (Wildman–Crippen LogP) is 2.95. The zero-order chi connectivity index (χ0) is 7.78. The van der Waals surface area contributed by atoms with Crippen molar-refractivity contribution < 1.29 is 0 Å². The average Bonchev–Trinajstić information content (AvgIpc) is 2.11. The van der Waals surface area contributed by atoms with Gasteiger partial charge in [-0.05, 0) is 0 Å². The van der Waals surface area contributed by atoms with Gasteiger partial charge in [0.15, 0.2) is 0 Å². The van der Waals surface area contributed by atoms with Crippen molar-refractivity contribution in [2.45, 2.75) is 14.8 Å². The second-order valence-corrected chi connectivity index (χ2v) is 20.5. The molecule has 3 heteroatoms. The average molecular weight is 281 g/mol. The van der Waals surface area contributed by atoms with Crippen molar-refractivity contribution in [1.29, 1.82) is 0 Å². The number of hydrogen-bond acceptors (Lipinski definition) is 1. The normalized spacial score (nSPS) is 12.0. The Bertz CT molecular complexity index is 224. The molecule has 0 nitrogen and oxygen atoms in total. The van der Waals surface area contributed by atoms with Crippen LogP contribution in [-0.4, -0.2) is 18.4 Å². The van der Waals surface area contributed by atoms with Crippen LogP contribution < -0.4 is 2.89 Å². The van der Waals surface area contributed by atoms with E-state index < -0.39 is 18.4 Å². The van der Waals surface area contributed by atoms with E-state index in [9.17, 15) is 0 Å². The molecule has 0 atom stereocenters. The van der Waals surface area contributed by atoms with E-state index >= 15 is 0 Å². The van der Waals surface area contributed by atoms with Gasteiger partial charge in [-0.15, -0.1) is 0 Å². The van der Waals surface area contributed by atoms with Crippen LogP contribution in [0.3, 0.4) is 0 Å². The Morgan fingerprint density at radius 2 is 1.90 bits per heavy atom. The Labute approximate surface area is 75.1 Å². The molecule has 0 bridgehead atoms. The minimum absolute atomic E-state index is 0.932. The summed E-state index contributed by atoms with van der Waals surface area (Å²) in [5.74, 6) is 0. The van der Waals surface area contributed by atoms with Crippen molar-refractivity contribution in [3.8, 4) is 0 Å². The number of thiophene rings is 1. The molecule has 0 aliphatic rings. The van der Waals surface area contributed by atoms with Crippen LogP contribution in [0.5, 0.6) is 0 Å². The van der Waals surface area contributed by atoms with Gasteiger partial charge in [-0.2, -0.15) is 0 Å². The summed E-state index contributed by atoms with van der Waals surface area (Å²) in [6.45, 7) is 0. The summed E-state index contributed by atoms with van der Waals surface area (Å²) in [5.41, 5.74) is 0. The number of hydrogen-bond donors (Lipinski definition) is 0. The van der Waals surface area contributed by atoms with Crippen molar-refractivity contribution >= 4 is 44.2 Å². The van der Waals surface area contributed by atoms with E-state index in [1.54, 1.807) is 14.2 Å². The number of rotatable bonds is 1. The minimum atomic E-state index is -1.76. The number of halogens is 1. The Morgan fingerprint density at radius 3 is 2.10 bits per heavy atom. The fourth-order valence-electron chi connectivity index (χ4n) is 0.717. The zero-order valence-corrected chi connectivity index (χ0v) is 10.9. The van der Waals surface area contributed by atoms with Crippen molar-refractivity contribution in [2.24, 2.45) is 0 Å². The molecule has 10 heavy (non-hydrogen) atoms. The van der Waals surface area contributed by atoms with Crippen LogP contribution in [0.4, 0.5) is 0 Å². The topological polar surface area (TPSA) is 0 Å². The summed E-state index contributed by atoms with van der Waals surface area (Å²) < 4.78 is 2.49. The van der Waals surface area contributed by atoms with Gasteiger partial charge < -0.3 is 0 Å². The Balaban J connectivity index is 2.96. The third kappa shape index (κ3) is 2.14. The summed E-state index contributed by atoms with van der Waals surface area (Å²) in [6.07, 6.45) is 0. The molecule has 0 fully saturated rings. The fraction of sp³-hybridized carbons (Fsp3) is 0.429. The van der Waals surface area contributed by atoms with Crippen LogP contribution in [0.15, 0.2) is 12.1 Å². The van der Waals surface area contributed by atoms with Gasteiger partial charge in [0.2, 0.25) is 0 Å². The van der Waals surface area contributed by atoms with Gasteiger partial charge in [-0.3, -0.25) is 0 Å². The van der Waals surface area contributed by atoms with E-state index in [2.05, 4.69) is 20.9 Å². The first-order chi connectivity index (χ1) is 4.50. The summed E-state index contributed by atoms with van der Waals surface area (Å²) in [7, 11) is 0. The van der Waals surface area contributed by atoms with Gasteiger partial charge in [0, 0.05) is 0 Å². The molecule has 0 amide bonds. The van der Waals surface area contributed by atoms with Crippen molar-refractivity contribution in [3.05, 3.63) is 16.5 Å². The Kier molecular flexibility index (Phi) is 2.69. The molecule has 0 radical (unpaired) electrons. The van der Waals surface area contributed by atoms with E-state index in [0.29, 0.717) is 0 Å². The molecule has 1 rings (SSSR count). The summed E-state index contributed by atoms with van der Waals surface area (Å²) in [6, 6.07) is 4.19. The van der Waals surface area contributed by atoms with Crippen LogP contribution in [0, 0.1) is 0 Å². The Hall–Kier alpha value is 0.789. The molecule has 0 saturated carbocycles. The first kappa shape index (κ1) is 8.88. The molecule has 0 unspecified atom stereocenters. The fourth-order valence-corrected chi connectivity index (χ4v) is 7.60. The molecule has 1 aromatic rings. The molecule has 1 heterocycles. The molecule has 0 N–H and O–H groups in total. The van der Waals surface area contributed by atoms with Gasteiger partial charge in [0.1, 0.15) is 0 Å². The first-order valence-corrected chi connectivity index (χ1v) is 14.4. The summed E-state index contributed by atoms with van der Waals surface area (Å²) in [5, 5.41) is 0. The molecule has 56 valence electrons. The molecule has 0 aromatic carbocycles. The second kappa shape index (κ2) is 3.03. The maximum atomic E-state index is 5.82. The SMILES string of the molecule is [CH3][Sn]([CH3])([CH3])[c]1ccc(Cl)s1. The first-order valence-electron chi connectivity index (χ1n) is 3.26. The van der Waals surface area contributed by atoms with Crippen LogP contribution >= 0.6 is 22.9 Å². The molecule has 0 aliphatic heterocycles. The Morgan fingerprint density at radius 1 is 1.30 bits per heavy atom. The van der Waals surface area contributed by atoms with Gasteiger partial charge in [-0.1, -0.05) is 0 Å². The van der Waals surface area contributed by atoms with Gasteiger partial charge in [0.05, 0.1) is 0 Å². The van der Waals surface area contributed by atoms with E-state index in [-0.39, 0.29) is 0 Å². The van der Waals surface area contributed by atoms with E-state index in [0.717, 1.165) is 4.34 Å². The molecule has 0 spiro atoms. The van der Waals surface area contributed by atoms with E-state index in [1.807, 2.05) is 6.07 Å². The third-order valence-electron chi connectivity index (χ3n) is 1.31. The molecule has 1 aromatic heterocycles. The molecule has 0 saturated heterocycles. The molecule has 0 aliphatic carbocycles. The van der Waals surface area contributed by atoms with Crippen molar-refractivity contribution in [1.82, 2.24) is 0 Å². The molecular weight excluding hydrogens is 270 g/mol. The van der Waals surface area contributed by atoms with Crippen LogP contribution in [0.1, 0.15) is 0 Å². The van der Waals surface area contributed by atoms with Crippen LogP contribution in [0.2, 0.25) is 19.2 Å². The summed E-state index contributed by atoms with van der Waals surface area (Å²) >= 11 is 5.81. The zero-order valence-electron chi connectivity index (χ0n) is 6.44. The predicted molar refractivity (Wildman–Crippen MR) is 52.3 cm³/mol. The van der Waals surface area contributed by atoms with Crippen LogP contribution in [-0.2, 0) is 0 Å². The van der Waals surface area contributed by atoms with E-state index in [1.165, 1.54) is 0 Å². The van der Waals surface area contributed by atoms with Gasteiger partial charge in [-0.25, -0.2) is 0 Å². The third-order valence-corrected chi connectivity index (χ3v) is 12.0. The second-order valence-electron chi connectivity index (χ2n) is 3.35. The monoisotopic (exact) mass is 282 g/mol.